The standard InChI is InChI=1S/C21H20F3N3O2/c1-26-19(28)17-7-4-15(12-18(17)20(26)29)25-14-2-5-16(6-3-14)27-10-8-13(9-11-27)21(22,23)24/h2-7,12-13,25H,8-11H2,1H3. The molecule has 0 aliphatic carbocycles. The van der Waals surface area contributed by atoms with Crippen molar-refractivity contribution in [2.75, 3.05) is 30.4 Å². The smallest absolute Gasteiger partial charge is 0.372 e. The zero-order valence-electron chi connectivity index (χ0n) is 15.8. The quantitative estimate of drug-likeness (QED) is 0.771. The number of rotatable bonds is 3. The molecule has 29 heavy (non-hydrogen) atoms. The Bertz CT molecular complexity index is 949. The molecule has 1 fully saturated rings. The number of anilines is 3. The van der Waals surface area contributed by atoms with Crippen LogP contribution in [0.25, 0.3) is 0 Å². The number of hydrogen-bond acceptors (Lipinski definition) is 4. The van der Waals surface area contributed by atoms with Crippen LogP contribution in [0.1, 0.15) is 33.6 Å². The van der Waals surface area contributed by atoms with E-state index in [4.69, 9.17) is 0 Å². The Labute approximate surface area is 166 Å². The summed E-state index contributed by atoms with van der Waals surface area (Å²) in [6.07, 6.45) is -3.89. The molecule has 0 bridgehead atoms. The number of alkyl halides is 3. The lowest BCUT2D eigenvalue weighted by Crippen LogP contribution is -2.38. The second-order valence-corrected chi connectivity index (χ2v) is 7.40. The summed E-state index contributed by atoms with van der Waals surface area (Å²) >= 11 is 0. The van der Waals surface area contributed by atoms with Gasteiger partial charge in [0.15, 0.2) is 0 Å². The van der Waals surface area contributed by atoms with Crippen molar-refractivity contribution in [3.8, 4) is 0 Å². The number of imide groups is 1. The third-order valence-electron chi connectivity index (χ3n) is 5.57. The highest BCUT2D eigenvalue weighted by molar-refractivity contribution is 6.21. The monoisotopic (exact) mass is 403 g/mol. The van der Waals surface area contributed by atoms with Crippen molar-refractivity contribution in [2.24, 2.45) is 5.92 Å². The normalized spacial score (nSPS) is 17.7. The average Bonchev–Trinajstić information content (AvgIpc) is 2.92. The lowest BCUT2D eigenvalue weighted by molar-refractivity contribution is -0.179. The van der Waals surface area contributed by atoms with Gasteiger partial charge in [0.2, 0.25) is 0 Å². The third kappa shape index (κ3) is 3.66. The van der Waals surface area contributed by atoms with Crippen molar-refractivity contribution in [2.45, 2.75) is 19.0 Å². The van der Waals surface area contributed by atoms with E-state index in [0.717, 1.165) is 16.3 Å². The summed E-state index contributed by atoms with van der Waals surface area (Å²) in [7, 11) is 1.45. The molecular weight excluding hydrogens is 383 g/mol. The Hall–Kier alpha value is -3.03. The fraction of sp³-hybridized carbons (Fsp3) is 0.333. The van der Waals surface area contributed by atoms with Crippen LogP contribution < -0.4 is 10.2 Å². The van der Waals surface area contributed by atoms with Gasteiger partial charge in [-0.25, -0.2) is 0 Å². The summed E-state index contributed by atoms with van der Waals surface area (Å²) < 4.78 is 38.4. The Kier molecular flexibility index (Phi) is 4.72. The number of benzene rings is 2. The molecule has 0 atom stereocenters. The van der Waals surface area contributed by atoms with Gasteiger partial charge in [0.1, 0.15) is 0 Å². The maximum atomic E-state index is 12.8. The Balaban J connectivity index is 1.42. The summed E-state index contributed by atoms with van der Waals surface area (Å²) in [6, 6.07) is 12.4. The van der Waals surface area contributed by atoms with E-state index in [9.17, 15) is 22.8 Å². The van der Waals surface area contributed by atoms with Gasteiger partial charge in [-0.3, -0.25) is 14.5 Å². The number of hydrogen-bond donors (Lipinski definition) is 1. The lowest BCUT2D eigenvalue weighted by atomic mass is 9.96. The molecule has 2 amide bonds. The number of carbonyl (C=O) groups excluding carboxylic acids is 2. The number of halogens is 3. The minimum Gasteiger partial charge on any atom is -0.372 e. The molecule has 0 spiro atoms. The maximum Gasteiger partial charge on any atom is 0.391 e. The first-order valence-electron chi connectivity index (χ1n) is 9.39. The molecule has 0 saturated carbocycles. The summed E-state index contributed by atoms with van der Waals surface area (Å²) in [6.45, 7) is 0.761. The predicted octanol–water partition coefficient (Wildman–Crippen LogP) is 4.43. The summed E-state index contributed by atoms with van der Waals surface area (Å²) in [5.41, 5.74) is 3.10. The summed E-state index contributed by atoms with van der Waals surface area (Å²) in [5.74, 6) is -1.85. The zero-order valence-corrected chi connectivity index (χ0v) is 15.8. The van der Waals surface area contributed by atoms with Crippen LogP contribution in [-0.4, -0.2) is 43.0 Å². The molecule has 152 valence electrons. The van der Waals surface area contributed by atoms with Gasteiger partial charge in [-0.2, -0.15) is 13.2 Å². The molecule has 1 saturated heterocycles. The number of nitrogens with zero attached hydrogens (tertiary/aromatic N) is 2. The minimum atomic E-state index is -4.11. The average molecular weight is 403 g/mol. The number of amides is 2. The van der Waals surface area contributed by atoms with Gasteiger partial charge in [-0.05, 0) is 55.3 Å². The van der Waals surface area contributed by atoms with E-state index < -0.39 is 12.1 Å². The molecule has 2 aliphatic heterocycles. The molecule has 2 aliphatic rings. The first-order chi connectivity index (χ1) is 13.7. The van der Waals surface area contributed by atoms with E-state index in [1.165, 1.54) is 7.05 Å². The van der Waals surface area contributed by atoms with E-state index in [0.29, 0.717) is 29.9 Å². The van der Waals surface area contributed by atoms with Gasteiger partial charge in [0, 0.05) is 37.2 Å². The topological polar surface area (TPSA) is 52.7 Å². The predicted molar refractivity (Wildman–Crippen MR) is 104 cm³/mol. The van der Waals surface area contributed by atoms with Gasteiger partial charge >= 0.3 is 6.18 Å². The van der Waals surface area contributed by atoms with Gasteiger partial charge in [0.25, 0.3) is 11.8 Å². The highest BCUT2D eigenvalue weighted by Gasteiger charge is 2.41. The lowest BCUT2D eigenvalue weighted by Gasteiger charge is -2.34. The molecule has 0 unspecified atom stereocenters. The van der Waals surface area contributed by atoms with Gasteiger partial charge in [-0.1, -0.05) is 0 Å². The third-order valence-corrected chi connectivity index (χ3v) is 5.57. The molecule has 5 nitrogen and oxygen atoms in total. The molecule has 2 aromatic rings. The minimum absolute atomic E-state index is 0.111. The van der Waals surface area contributed by atoms with Gasteiger partial charge < -0.3 is 10.2 Å². The van der Waals surface area contributed by atoms with Crippen molar-refractivity contribution in [3.63, 3.8) is 0 Å². The number of fused-ring (bicyclic) bond motifs is 1. The second-order valence-electron chi connectivity index (χ2n) is 7.40. The van der Waals surface area contributed by atoms with Crippen molar-refractivity contribution in [1.29, 1.82) is 0 Å². The maximum absolute atomic E-state index is 12.8. The van der Waals surface area contributed by atoms with E-state index in [1.807, 2.05) is 29.2 Å². The van der Waals surface area contributed by atoms with Crippen molar-refractivity contribution in [3.05, 3.63) is 53.6 Å². The van der Waals surface area contributed by atoms with E-state index in [2.05, 4.69) is 5.32 Å². The second kappa shape index (κ2) is 7.09. The molecule has 8 heteroatoms. The van der Waals surface area contributed by atoms with E-state index in [-0.39, 0.29) is 24.7 Å². The SMILES string of the molecule is CN1C(=O)c2ccc(Nc3ccc(N4CCC(C(F)(F)F)CC4)cc3)cc2C1=O. The first-order valence-corrected chi connectivity index (χ1v) is 9.39. The molecule has 0 aromatic heterocycles. The summed E-state index contributed by atoms with van der Waals surface area (Å²) in [5, 5.41) is 3.19. The Morgan fingerprint density at radius 3 is 2.10 bits per heavy atom. The van der Waals surface area contributed by atoms with Crippen LogP contribution in [-0.2, 0) is 0 Å². The van der Waals surface area contributed by atoms with Gasteiger partial charge in [-0.15, -0.1) is 0 Å². The van der Waals surface area contributed by atoms with Crippen molar-refractivity contribution >= 4 is 28.9 Å². The van der Waals surface area contributed by atoms with Crippen LogP contribution in [0.3, 0.4) is 0 Å². The van der Waals surface area contributed by atoms with Crippen LogP contribution in [0.5, 0.6) is 0 Å². The van der Waals surface area contributed by atoms with Crippen LogP contribution in [0.15, 0.2) is 42.5 Å². The number of piperidine rings is 1. The fourth-order valence-corrected chi connectivity index (χ4v) is 3.83. The van der Waals surface area contributed by atoms with Crippen LogP contribution in [0.2, 0.25) is 0 Å². The largest absolute Gasteiger partial charge is 0.391 e. The van der Waals surface area contributed by atoms with E-state index in [1.54, 1.807) is 18.2 Å². The van der Waals surface area contributed by atoms with Crippen molar-refractivity contribution < 1.29 is 22.8 Å². The van der Waals surface area contributed by atoms with E-state index >= 15 is 0 Å². The van der Waals surface area contributed by atoms with Gasteiger partial charge in [0.05, 0.1) is 17.0 Å². The van der Waals surface area contributed by atoms with Crippen LogP contribution in [0.4, 0.5) is 30.2 Å². The highest BCUT2D eigenvalue weighted by Crippen LogP contribution is 2.35. The molecule has 4 rings (SSSR count). The molecule has 2 aromatic carbocycles. The Morgan fingerprint density at radius 1 is 0.897 bits per heavy atom. The molecule has 1 N–H and O–H groups in total. The molecule has 2 heterocycles. The van der Waals surface area contributed by atoms with Crippen LogP contribution in [0, 0.1) is 5.92 Å². The number of nitrogens with one attached hydrogen (secondary N) is 1. The van der Waals surface area contributed by atoms with Crippen molar-refractivity contribution in [1.82, 2.24) is 4.90 Å². The van der Waals surface area contributed by atoms with Crippen LogP contribution >= 0.6 is 0 Å². The highest BCUT2D eigenvalue weighted by atomic mass is 19.4. The zero-order chi connectivity index (χ0) is 20.8. The first kappa shape index (κ1) is 19.3. The number of carbonyl (C=O) groups is 2. The fourth-order valence-electron chi connectivity index (χ4n) is 3.83. The molecule has 0 radical (unpaired) electrons. The Morgan fingerprint density at radius 2 is 1.48 bits per heavy atom. The molecular formula is C21H20F3N3O2. The summed E-state index contributed by atoms with van der Waals surface area (Å²) in [4.78, 5) is 27.1.